The average Bonchev–Trinajstić information content (AvgIpc) is 3.28. The molecule has 0 aliphatic rings. The lowest BCUT2D eigenvalue weighted by molar-refractivity contribution is -0.870. The van der Waals surface area contributed by atoms with Crippen LogP contribution in [0.25, 0.3) is 0 Å². The molecular weight excluding hydrogens is 842 g/mol. The number of rotatable bonds is 55. The quantitative estimate of drug-likeness (QED) is 0.0197. The molecule has 0 saturated heterocycles. The molecule has 0 bridgehead atoms. The number of allylic oxidation sites excluding steroid dienone is 2. The van der Waals surface area contributed by atoms with E-state index in [4.69, 9.17) is 18.5 Å². The predicted molar refractivity (Wildman–Crippen MR) is 282 cm³/mol. The lowest BCUT2D eigenvalue weighted by Gasteiger charge is -2.28. The van der Waals surface area contributed by atoms with Gasteiger partial charge in [-0.1, -0.05) is 257 Å². The van der Waals surface area contributed by atoms with Crippen LogP contribution in [0.3, 0.4) is 0 Å². The summed E-state index contributed by atoms with van der Waals surface area (Å²) in [6.07, 6.45) is 59.6. The number of phosphoric acid groups is 1. The number of carbonyl (C=O) groups is 1. The van der Waals surface area contributed by atoms with Crippen LogP contribution in [-0.2, 0) is 27.9 Å². The number of carbonyl (C=O) groups excluding carboxylic acids is 1. The number of hydrogen-bond acceptors (Lipinski definition) is 7. The molecule has 2 atom stereocenters. The fourth-order valence-corrected chi connectivity index (χ4v) is 9.33. The maximum Gasteiger partial charge on any atom is 0.306 e. The summed E-state index contributed by atoms with van der Waals surface area (Å²) in [4.78, 5) is 25.3. The van der Waals surface area contributed by atoms with E-state index >= 15 is 0 Å². The van der Waals surface area contributed by atoms with Gasteiger partial charge in [0.2, 0.25) is 0 Å². The van der Waals surface area contributed by atoms with Crippen LogP contribution in [0, 0.1) is 0 Å². The number of likely N-dealkylation sites (N-methyl/N-ethyl adjacent to an activating group) is 1. The second-order valence-electron chi connectivity index (χ2n) is 21.0. The maximum absolute atomic E-state index is 12.8. The average molecular weight is 957 g/mol. The Morgan fingerprint density at radius 3 is 1.15 bits per heavy atom. The summed E-state index contributed by atoms with van der Waals surface area (Å²) in [5.41, 5.74) is 0. The monoisotopic (exact) mass is 956 g/mol. The molecule has 0 rings (SSSR count). The van der Waals surface area contributed by atoms with E-state index in [2.05, 4.69) is 26.0 Å². The molecule has 0 amide bonds. The first-order chi connectivity index (χ1) is 32.1. The van der Waals surface area contributed by atoms with Gasteiger partial charge in [0, 0.05) is 13.0 Å². The van der Waals surface area contributed by atoms with Crippen molar-refractivity contribution in [2.75, 3.05) is 54.1 Å². The minimum Gasteiger partial charge on any atom is -0.756 e. The highest BCUT2D eigenvalue weighted by molar-refractivity contribution is 7.45. The molecule has 394 valence electrons. The molecule has 0 aromatic heterocycles. The summed E-state index contributed by atoms with van der Waals surface area (Å²) in [6, 6.07) is 0. The molecule has 0 aromatic carbocycles. The molecule has 0 N–H and O–H groups in total. The van der Waals surface area contributed by atoms with Crippen molar-refractivity contribution in [3.05, 3.63) is 12.2 Å². The van der Waals surface area contributed by atoms with Gasteiger partial charge in [-0.05, 0) is 38.5 Å². The van der Waals surface area contributed by atoms with Crippen molar-refractivity contribution >= 4 is 13.8 Å². The second kappa shape index (κ2) is 50.6. The molecule has 0 aromatic rings. The number of unbranched alkanes of at least 4 members (excludes halogenated alkanes) is 39. The molecule has 0 heterocycles. The molecule has 9 heteroatoms. The lowest BCUT2D eigenvalue weighted by atomic mass is 10.0. The number of quaternary nitrogens is 1. The minimum absolute atomic E-state index is 0.0300. The first kappa shape index (κ1) is 65.2. The van der Waals surface area contributed by atoms with Gasteiger partial charge >= 0.3 is 5.97 Å². The number of nitrogens with zero attached hydrogens (tertiary/aromatic N) is 1. The Bertz CT molecular complexity index is 1070. The van der Waals surface area contributed by atoms with E-state index in [1.807, 2.05) is 21.1 Å². The van der Waals surface area contributed by atoms with E-state index < -0.39 is 13.9 Å². The number of esters is 1. The molecule has 0 spiro atoms. The van der Waals surface area contributed by atoms with Crippen molar-refractivity contribution in [3.63, 3.8) is 0 Å². The van der Waals surface area contributed by atoms with Gasteiger partial charge in [0.05, 0.1) is 34.4 Å². The molecule has 0 aliphatic carbocycles. The fourth-order valence-electron chi connectivity index (χ4n) is 8.60. The molecule has 66 heavy (non-hydrogen) atoms. The Hall–Kier alpha value is -0.760. The van der Waals surface area contributed by atoms with Crippen molar-refractivity contribution in [2.45, 2.75) is 296 Å². The molecule has 0 fully saturated rings. The lowest BCUT2D eigenvalue weighted by Crippen LogP contribution is -2.37. The van der Waals surface area contributed by atoms with E-state index in [-0.39, 0.29) is 25.8 Å². The van der Waals surface area contributed by atoms with Crippen molar-refractivity contribution < 1.29 is 37.3 Å². The molecule has 8 nitrogen and oxygen atoms in total. The summed E-state index contributed by atoms with van der Waals surface area (Å²) in [5, 5.41) is 0. The highest BCUT2D eigenvalue weighted by atomic mass is 31.2. The van der Waals surface area contributed by atoms with Gasteiger partial charge in [0.25, 0.3) is 7.82 Å². The normalized spacial score (nSPS) is 13.5. The highest BCUT2D eigenvalue weighted by Gasteiger charge is 2.20. The van der Waals surface area contributed by atoms with Gasteiger partial charge in [-0.25, -0.2) is 0 Å². The third-order valence-corrected chi connectivity index (χ3v) is 14.0. The van der Waals surface area contributed by atoms with Crippen LogP contribution in [0.2, 0.25) is 0 Å². The zero-order valence-corrected chi connectivity index (χ0v) is 45.8. The zero-order chi connectivity index (χ0) is 48.3. The van der Waals surface area contributed by atoms with Crippen LogP contribution in [-0.4, -0.2) is 70.7 Å². The van der Waals surface area contributed by atoms with Crippen molar-refractivity contribution in [1.82, 2.24) is 0 Å². The Morgan fingerprint density at radius 1 is 0.455 bits per heavy atom. The van der Waals surface area contributed by atoms with E-state index in [1.165, 1.54) is 238 Å². The third kappa shape index (κ3) is 54.2. The highest BCUT2D eigenvalue weighted by Crippen LogP contribution is 2.38. The van der Waals surface area contributed by atoms with Crippen molar-refractivity contribution in [3.8, 4) is 0 Å². The summed E-state index contributed by atoms with van der Waals surface area (Å²) in [7, 11) is 1.38. The van der Waals surface area contributed by atoms with Gasteiger partial charge in [-0.3, -0.25) is 9.36 Å². The molecular formula is C57H114NO7P. The fraction of sp³-hybridized carbons (Fsp3) is 0.947. The summed E-state index contributed by atoms with van der Waals surface area (Å²) in [6.45, 7) is 5.49. The minimum atomic E-state index is -4.53. The maximum atomic E-state index is 12.8. The van der Waals surface area contributed by atoms with Gasteiger partial charge in [0.1, 0.15) is 19.3 Å². The van der Waals surface area contributed by atoms with Crippen molar-refractivity contribution in [2.24, 2.45) is 0 Å². The van der Waals surface area contributed by atoms with Gasteiger partial charge in [0.15, 0.2) is 0 Å². The largest absolute Gasteiger partial charge is 0.756 e. The predicted octanol–water partition coefficient (Wildman–Crippen LogP) is 17.5. The van der Waals surface area contributed by atoms with Crippen LogP contribution in [0.5, 0.6) is 0 Å². The Kier molecular flexibility index (Phi) is 50.0. The van der Waals surface area contributed by atoms with Gasteiger partial charge < -0.3 is 27.9 Å². The zero-order valence-electron chi connectivity index (χ0n) is 44.9. The Balaban J connectivity index is 4.03. The van der Waals surface area contributed by atoms with E-state index in [1.54, 1.807) is 0 Å². The summed E-state index contributed by atoms with van der Waals surface area (Å²) >= 11 is 0. The second-order valence-corrected chi connectivity index (χ2v) is 22.4. The number of ether oxygens (including phenoxy) is 2. The SMILES string of the molecule is CCCCCCCCCC/C=C\CCCCCCCCCCCCCC(=O)OC(COCCCCCCCCCCCCCCCCCCCCCCC)COP(=O)([O-])OCC[N+](C)(C)C. The Morgan fingerprint density at radius 2 is 0.788 bits per heavy atom. The smallest absolute Gasteiger partial charge is 0.306 e. The molecule has 0 aliphatic heterocycles. The van der Waals surface area contributed by atoms with Crippen LogP contribution in [0.4, 0.5) is 0 Å². The first-order valence-corrected chi connectivity index (χ1v) is 30.4. The summed E-state index contributed by atoms with van der Waals surface area (Å²) in [5.74, 6) is -0.327. The van der Waals surface area contributed by atoms with E-state index in [9.17, 15) is 14.3 Å². The van der Waals surface area contributed by atoms with Gasteiger partial charge in [-0.15, -0.1) is 0 Å². The van der Waals surface area contributed by atoms with Crippen LogP contribution in [0.15, 0.2) is 12.2 Å². The van der Waals surface area contributed by atoms with Crippen molar-refractivity contribution in [1.29, 1.82) is 0 Å². The topological polar surface area (TPSA) is 94.1 Å². The van der Waals surface area contributed by atoms with E-state index in [0.29, 0.717) is 24.1 Å². The molecule has 2 unspecified atom stereocenters. The number of hydrogen-bond donors (Lipinski definition) is 0. The van der Waals surface area contributed by atoms with Crippen LogP contribution < -0.4 is 4.89 Å². The third-order valence-electron chi connectivity index (χ3n) is 13.1. The Labute approximate surface area is 411 Å². The standard InChI is InChI=1S/C57H114NO7P/c1-6-8-10-12-14-16-18-20-22-24-26-28-29-30-32-34-36-38-40-42-44-46-48-50-57(59)65-56(55-64-66(60,61)63-53-51-58(3,4)5)54-62-52-49-47-45-43-41-39-37-35-33-31-27-25-23-21-19-17-15-13-11-9-7-2/h24,26,56H,6-23,25,27-55H2,1-5H3/b26-24-. The van der Waals surface area contributed by atoms with Crippen LogP contribution >= 0.6 is 7.82 Å². The van der Waals surface area contributed by atoms with E-state index in [0.717, 1.165) is 32.1 Å². The number of phosphoric ester groups is 1. The first-order valence-electron chi connectivity index (χ1n) is 28.9. The summed E-state index contributed by atoms with van der Waals surface area (Å²) < 4.78 is 34.9. The van der Waals surface area contributed by atoms with Gasteiger partial charge in [-0.2, -0.15) is 0 Å². The molecule has 0 saturated carbocycles. The molecule has 0 radical (unpaired) electrons. The van der Waals surface area contributed by atoms with Crippen LogP contribution in [0.1, 0.15) is 290 Å².